The van der Waals surface area contributed by atoms with Crippen molar-refractivity contribution in [3.8, 4) is 0 Å². The maximum Gasteiger partial charge on any atom is 0.269 e. The molecule has 0 amide bonds. The van der Waals surface area contributed by atoms with Gasteiger partial charge in [0.2, 0.25) is 0 Å². The molecule has 0 spiro atoms. The van der Waals surface area contributed by atoms with Gasteiger partial charge >= 0.3 is 0 Å². The number of nitrogens with zero attached hydrogens (tertiary/aromatic N) is 1. The van der Waals surface area contributed by atoms with Crippen molar-refractivity contribution in [2.75, 3.05) is 13.2 Å². The third kappa shape index (κ3) is 3.34. The van der Waals surface area contributed by atoms with Crippen LogP contribution in [0.4, 0.5) is 5.69 Å². The van der Waals surface area contributed by atoms with Gasteiger partial charge in [-0.15, -0.1) is 0 Å². The van der Waals surface area contributed by atoms with Gasteiger partial charge in [0.15, 0.2) is 0 Å². The van der Waals surface area contributed by atoms with Crippen molar-refractivity contribution in [2.45, 2.75) is 0 Å². The molecule has 1 aromatic carbocycles. The number of hydrogen-bond acceptors (Lipinski definition) is 5. The first-order valence-corrected chi connectivity index (χ1v) is 4.68. The molecular weight excluding hydrogens is 210 g/mol. The van der Waals surface area contributed by atoms with Gasteiger partial charge in [0.25, 0.3) is 5.69 Å². The summed E-state index contributed by atoms with van der Waals surface area (Å²) in [5.41, 5.74) is 6.89. The number of nitrogens with one attached hydrogen (secondary N) is 2. The van der Waals surface area contributed by atoms with Crippen LogP contribution in [0.1, 0.15) is 5.56 Å². The Balaban J connectivity index is 2.59. The first-order chi connectivity index (χ1) is 7.65. The summed E-state index contributed by atoms with van der Waals surface area (Å²) in [6, 6.07) is 6.03. The molecule has 6 nitrogen and oxygen atoms in total. The Kier molecular flexibility index (Phi) is 4.43. The predicted molar refractivity (Wildman–Crippen MR) is 60.4 cm³/mol. The van der Waals surface area contributed by atoms with Crippen molar-refractivity contribution in [2.24, 2.45) is 0 Å². The van der Waals surface area contributed by atoms with Gasteiger partial charge in [0.05, 0.1) is 11.5 Å². The van der Waals surface area contributed by atoms with Crippen LogP contribution in [0.2, 0.25) is 0 Å². The van der Waals surface area contributed by atoms with E-state index in [9.17, 15) is 10.1 Å². The molecule has 0 aliphatic rings. The molecule has 0 bridgehead atoms. The second-order valence-electron chi connectivity index (χ2n) is 3.06. The van der Waals surface area contributed by atoms with Crippen LogP contribution in [0.15, 0.2) is 30.8 Å². The second-order valence-corrected chi connectivity index (χ2v) is 3.06. The first kappa shape index (κ1) is 12.2. The highest BCUT2D eigenvalue weighted by Gasteiger charge is 2.05. The predicted octanol–water partition coefficient (Wildman–Crippen LogP) is 0.652. The van der Waals surface area contributed by atoms with Crippen LogP contribution in [-0.4, -0.2) is 23.2 Å². The van der Waals surface area contributed by atoms with Gasteiger partial charge in [-0.05, 0) is 17.7 Å². The normalized spacial score (nSPS) is 9.81. The van der Waals surface area contributed by atoms with Crippen LogP contribution in [0.5, 0.6) is 0 Å². The molecular formula is C10H13N3O3. The summed E-state index contributed by atoms with van der Waals surface area (Å²) in [4.78, 5) is 9.97. The van der Waals surface area contributed by atoms with Gasteiger partial charge in [0.1, 0.15) is 0 Å². The summed E-state index contributed by atoms with van der Waals surface area (Å²) in [6.45, 7) is 4.16. The number of aliphatic hydroxyl groups excluding tert-OH is 1. The molecule has 0 aliphatic carbocycles. The zero-order valence-corrected chi connectivity index (χ0v) is 8.64. The van der Waals surface area contributed by atoms with Crippen molar-refractivity contribution >= 4 is 11.4 Å². The lowest BCUT2D eigenvalue weighted by Crippen LogP contribution is -2.32. The van der Waals surface area contributed by atoms with Crippen LogP contribution < -0.4 is 10.9 Å². The molecule has 86 valence electrons. The minimum Gasteiger partial charge on any atom is -0.395 e. The van der Waals surface area contributed by atoms with E-state index in [0.29, 0.717) is 12.2 Å². The molecule has 0 saturated heterocycles. The smallest absolute Gasteiger partial charge is 0.269 e. The molecule has 1 rings (SSSR count). The Hall–Kier alpha value is -1.92. The lowest BCUT2D eigenvalue weighted by Gasteiger charge is -2.09. The molecule has 6 heteroatoms. The minimum atomic E-state index is -0.454. The summed E-state index contributed by atoms with van der Waals surface area (Å²) in [6.07, 6.45) is 0. The van der Waals surface area contributed by atoms with Gasteiger partial charge in [-0.25, -0.2) is 5.43 Å². The van der Waals surface area contributed by atoms with E-state index in [-0.39, 0.29) is 12.3 Å². The number of non-ortho nitro benzene ring substituents is 1. The number of nitro groups is 1. The van der Waals surface area contributed by atoms with Crippen molar-refractivity contribution < 1.29 is 10.0 Å². The van der Waals surface area contributed by atoms with E-state index < -0.39 is 4.92 Å². The Labute approximate surface area is 92.7 Å². The lowest BCUT2D eigenvalue weighted by atomic mass is 10.1. The summed E-state index contributed by atoms with van der Waals surface area (Å²) in [7, 11) is 0. The summed E-state index contributed by atoms with van der Waals surface area (Å²) >= 11 is 0. The van der Waals surface area contributed by atoms with Crippen LogP contribution >= 0.6 is 0 Å². The molecule has 0 atom stereocenters. The van der Waals surface area contributed by atoms with Crippen molar-refractivity contribution in [3.05, 3.63) is 46.5 Å². The van der Waals surface area contributed by atoms with Crippen molar-refractivity contribution in [3.63, 3.8) is 0 Å². The molecule has 0 aromatic heterocycles. The molecule has 0 unspecified atom stereocenters. The SMILES string of the molecule is C=C(NNCCO)c1ccc([N+](=O)[O-])cc1. The van der Waals surface area contributed by atoms with E-state index >= 15 is 0 Å². The Morgan fingerprint density at radius 1 is 1.44 bits per heavy atom. The van der Waals surface area contributed by atoms with Crippen molar-refractivity contribution in [1.29, 1.82) is 0 Å². The third-order valence-electron chi connectivity index (χ3n) is 1.90. The fraction of sp³-hybridized carbons (Fsp3) is 0.200. The Bertz CT molecular complexity index is 375. The lowest BCUT2D eigenvalue weighted by molar-refractivity contribution is -0.384. The highest BCUT2D eigenvalue weighted by atomic mass is 16.6. The highest BCUT2D eigenvalue weighted by Crippen LogP contribution is 2.15. The van der Waals surface area contributed by atoms with E-state index in [0.717, 1.165) is 5.56 Å². The number of hydrogen-bond donors (Lipinski definition) is 3. The molecule has 0 saturated carbocycles. The van der Waals surface area contributed by atoms with E-state index in [4.69, 9.17) is 5.11 Å². The minimum absolute atomic E-state index is 0.0144. The fourth-order valence-corrected chi connectivity index (χ4v) is 1.08. The first-order valence-electron chi connectivity index (χ1n) is 4.68. The van der Waals surface area contributed by atoms with Crippen molar-refractivity contribution in [1.82, 2.24) is 10.9 Å². The van der Waals surface area contributed by atoms with Gasteiger partial charge in [0, 0.05) is 24.4 Å². The van der Waals surface area contributed by atoms with Crippen LogP contribution in [0.25, 0.3) is 5.70 Å². The third-order valence-corrected chi connectivity index (χ3v) is 1.90. The topological polar surface area (TPSA) is 87.4 Å². The van der Waals surface area contributed by atoms with Gasteiger partial charge in [-0.3, -0.25) is 10.1 Å². The second kappa shape index (κ2) is 5.84. The van der Waals surface area contributed by atoms with Crippen LogP contribution in [-0.2, 0) is 0 Å². The molecule has 0 aliphatic heterocycles. The van der Waals surface area contributed by atoms with E-state index in [1.807, 2.05) is 0 Å². The number of aliphatic hydroxyl groups is 1. The Morgan fingerprint density at radius 3 is 2.56 bits per heavy atom. The molecule has 0 radical (unpaired) electrons. The molecule has 16 heavy (non-hydrogen) atoms. The van der Waals surface area contributed by atoms with Gasteiger partial charge in [-0.2, -0.15) is 0 Å². The fourth-order valence-electron chi connectivity index (χ4n) is 1.08. The summed E-state index contributed by atoms with van der Waals surface area (Å²) in [5.74, 6) is 0. The largest absolute Gasteiger partial charge is 0.395 e. The highest BCUT2D eigenvalue weighted by molar-refractivity contribution is 5.62. The number of benzene rings is 1. The number of rotatable bonds is 6. The van der Waals surface area contributed by atoms with Crippen LogP contribution in [0, 0.1) is 10.1 Å². The molecule has 0 heterocycles. The number of nitro benzene ring substituents is 1. The molecule has 3 N–H and O–H groups in total. The van der Waals surface area contributed by atoms with E-state index in [1.165, 1.54) is 12.1 Å². The standard InChI is InChI=1S/C10H13N3O3/c1-8(12-11-6-7-14)9-2-4-10(5-3-9)13(15)16/h2-5,11-12,14H,1,6-7H2. The quantitative estimate of drug-likeness (QED) is 0.374. The monoisotopic (exact) mass is 223 g/mol. The Morgan fingerprint density at radius 2 is 2.06 bits per heavy atom. The zero-order valence-electron chi connectivity index (χ0n) is 8.64. The van der Waals surface area contributed by atoms with E-state index in [2.05, 4.69) is 17.4 Å². The maximum atomic E-state index is 10.4. The van der Waals surface area contributed by atoms with Gasteiger partial charge in [-0.1, -0.05) is 6.58 Å². The van der Waals surface area contributed by atoms with Crippen LogP contribution in [0.3, 0.4) is 0 Å². The van der Waals surface area contributed by atoms with E-state index in [1.54, 1.807) is 12.1 Å². The molecule has 1 aromatic rings. The summed E-state index contributed by atoms with van der Waals surface area (Å²) < 4.78 is 0. The average molecular weight is 223 g/mol. The zero-order chi connectivity index (χ0) is 12.0. The summed E-state index contributed by atoms with van der Waals surface area (Å²) in [5, 5.41) is 19.0. The molecule has 0 fully saturated rings. The van der Waals surface area contributed by atoms with Gasteiger partial charge < -0.3 is 10.5 Å². The maximum absolute atomic E-state index is 10.4. The average Bonchev–Trinajstić information content (AvgIpc) is 2.29. The number of hydrazine groups is 1.